The minimum atomic E-state index is -0.944. The highest BCUT2D eigenvalue weighted by Crippen LogP contribution is 2.17. The Balaban J connectivity index is 1.28. The number of likely N-dealkylation sites (tertiary alicyclic amines) is 1. The number of piperazine rings is 1. The lowest BCUT2D eigenvalue weighted by molar-refractivity contribution is -0.137. The summed E-state index contributed by atoms with van der Waals surface area (Å²) in [5.74, 6) is 0.709. The van der Waals surface area contributed by atoms with E-state index in [-0.39, 0.29) is 17.8 Å². The monoisotopic (exact) mass is 524 g/mol. The average Bonchev–Trinajstić information content (AvgIpc) is 2.92. The molecule has 0 spiro atoms. The molecule has 3 heterocycles. The summed E-state index contributed by atoms with van der Waals surface area (Å²) in [7, 11) is 0. The van der Waals surface area contributed by atoms with Crippen molar-refractivity contribution in [3.05, 3.63) is 52.6 Å². The summed E-state index contributed by atoms with van der Waals surface area (Å²) in [6.07, 6.45) is 4.92. The average molecular weight is 525 g/mol. The minimum Gasteiger partial charge on any atom is -0.338 e. The molecule has 0 aliphatic carbocycles. The zero-order valence-electron chi connectivity index (χ0n) is 22.4. The Bertz CT molecular complexity index is 1160. The van der Waals surface area contributed by atoms with Crippen molar-refractivity contribution in [2.24, 2.45) is 17.4 Å². The number of benzene rings is 1. The Labute approximate surface area is 223 Å². The lowest BCUT2D eigenvalue weighted by atomic mass is 9.97. The van der Waals surface area contributed by atoms with Gasteiger partial charge in [-0.1, -0.05) is 12.1 Å². The summed E-state index contributed by atoms with van der Waals surface area (Å²) in [5.41, 5.74) is 12.2. The summed E-state index contributed by atoms with van der Waals surface area (Å²) < 4.78 is 1.45. The SMILES string of the molecule is CC(C)(N)C(=O)N1CCN(C(=O)Nc2ccn(-c3ccc(CCN4CCC(CN)CC4)cc3)c(=O)n2)CC1. The number of nitrogens with two attached hydrogens (primary N) is 2. The maximum Gasteiger partial charge on any atom is 0.354 e. The highest BCUT2D eigenvalue weighted by Gasteiger charge is 2.31. The fourth-order valence-corrected chi connectivity index (χ4v) is 4.93. The van der Waals surface area contributed by atoms with E-state index in [1.807, 2.05) is 24.3 Å². The van der Waals surface area contributed by atoms with Crippen molar-refractivity contribution in [1.82, 2.24) is 24.3 Å². The van der Waals surface area contributed by atoms with Crippen LogP contribution in [0, 0.1) is 5.92 Å². The number of piperidine rings is 1. The van der Waals surface area contributed by atoms with E-state index < -0.39 is 11.2 Å². The van der Waals surface area contributed by atoms with Gasteiger partial charge in [0, 0.05) is 38.9 Å². The van der Waals surface area contributed by atoms with Gasteiger partial charge < -0.3 is 26.2 Å². The molecule has 0 unspecified atom stereocenters. The van der Waals surface area contributed by atoms with Crippen molar-refractivity contribution in [2.45, 2.75) is 38.6 Å². The van der Waals surface area contributed by atoms with Gasteiger partial charge >= 0.3 is 11.7 Å². The van der Waals surface area contributed by atoms with Crippen LogP contribution in [0.2, 0.25) is 0 Å². The third-order valence-corrected chi connectivity index (χ3v) is 7.42. The van der Waals surface area contributed by atoms with E-state index in [0.717, 1.165) is 38.3 Å². The molecular weight excluding hydrogens is 484 g/mol. The van der Waals surface area contributed by atoms with Crippen LogP contribution in [-0.4, -0.2) is 94.1 Å². The maximum absolute atomic E-state index is 12.7. The largest absolute Gasteiger partial charge is 0.354 e. The molecule has 0 atom stereocenters. The number of carbonyl (C=O) groups excluding carboxylic acids is 2. The minimum absolute atomic E-state index is 0.140. The van der Waals surface area contributed by atoms with Gasteiger partial charge in [0.15, 0.2) is 0 Å². The number of amides is 3. The molecular formula is C27H40N8O3. The predicted octanol–water partition coefficient (Wildman–Crippen LogP) is 0.859. The molecule has 1 aromatic carbocycles. The van der Waals surface area contributed by atoms with Crippen molar-refractivity contribution < 1.29 is 9.59 Å². The molecule has 0 saturated carbocycles. The van der Waals surface area contributed by atoms with E-state index in [9.17, 15) is 14.4 Å². The first kappa shape index (κ1) is 27.7. The van der Waals surface area contributed by atoms with Crippen LogP contribution in [0.15, 0.2) is 41.3 Å². The molecule has 0 bridgehead atoms. The molecule has 11 heteroatoms. The molecule has 2 fully saturated rings. The molecule has 3 amide bonds. The maximum atomic E-state index is 12.7. The van der Waals surface area contributed by atoms with Crippen LogP contribution in [0.25, 0.3) is 5.69 Å². The smallest absolute Gasteiger partial charge is 0.338 e. The lowest BCUT2D eigenvalue weighted by Crippen LogP contribution is -2.58. The van der Waals surface area contributed by atoms with Crippen LogP contribution >= 0.6 is 0 Å². The molecule has 0 radical (unpaired) electrons. The van der Waals surface area contributed by atoms with Gasteiger partial charge in [-0.05, 0) is 82.4 Å². The van der Waals surface area contributed by atoms with Crippen LogP contribution in [0.5, 0.6) is 0 Å². The van der Waals surface area contributed by atoms with Gasteiger partial charge in [0.2, 0.25) is 5.91 Å². The molecule has 2 aliphatic heterocycles. The number of hydrogen-bond acceptors (Lipinski definition) is 7. The van der Waals surface area contributed by atoms with E-state index in [1.54, 1.807) is 35.9 Å². The van der Waals surface area contributed by atoms with Crippen LogP contribution in [0.4, 0.5) is 10.6 Å². The van der Waals surface area contributed by atoms with Crippen molar-refractivity contribution in [1.29, 1.82) is 0 Å². The molecule has 2 aliphatic rings. The summed E-state index contributed by atoms with van der Waals surface area (Å²) in [6, 6.07) is 9.17. The van der Waals surface area contributed by atoms with Crippen molar-refractivity contribution in [2.75, 3.05) is 57.7 Å². The predicted molar refractivity (Wildman–Crippen MR) is 147 cm³/mol. The Hall–Kier alpha value is -3.28. The van der Waals surface area contributed by atoms with E-state index in [4.69, 9.17) is 11.5 Å². The Kier molecular flexibility index (Phi) is 8.80. The second kappa shape index (κ2) is 12.1. The molecule has 38 heavy (non-hydrogen) atoms. The summed E-state index contributed by atoms with van der Waals surface area (Å²) in [5, 5.41) is 2.69. The third-order valence-electron chi connectivity index (χ3n) is 7.42. The molecule has 1 aromatic heterocycles. The van der Waals surface area contributed by atoms with E-state index in [2.05, 4.69) is 15.2 Å². The first-order valence-corrected chi connectivity index (χ1v) is 13.4. The number of hydrogen-bond donors (Lipinski definition) is 3. The standard InChI is InChI=1S/C27H40N8O3/c1-27(2,29)24(36)33-15-17-34(18-16-33)25(37)30-23-10-14-35(26(38)31-23)22-5-3-20(4-6-22)7-11-32-12-8-21(19-28)9-13-32/h3-6,10,14,21H,7-9,11-13,15-19,28-29H2,1-2H3,(H,30,31,37,38). The number of carbonyl (C=O) groups is 2. The van der Waals surface area contributed by atoms with E-state index in [0.29, 0.717) is 32.1 Å². The van der Waals surface area contributed by atoms with E-state index >= 15 is 0 Å². The Morgan fingerprint density at radius 1 is 1.00 bits per heavy atom. The third kappa shape index (κ3) is 6.97. The van der Waals surface area contributed by atoms with Gasteiger partial charge in [0.25, 0.3) is 0 Å². The van der Waals surface area contributed by atoms with Crippen LogP contribution < -0.4 is 22.5 Å². The number of aromatic nitrogens is 2. The fraction of sp³-hybridized carbons (Fsp3) is 0.556. The second-order valence-electron chi connectivity index (χ2n) is 10.8. The highest BCUT2D eigenvalue weighted by atomic mass is 16.2. The van der Waals surface area contributed by atoms with Crippen LogP contribution in [0.1, 0.15) is 32.3 Å². The Morgan fingerprint density at radius 2 is 1.63 bits per heavy atom. The van der Waals surface area contributed by atoms with Gasteiger partial charge in [-0.15, -0.1) is 0 Å². The number of rotatable bonds is 7. The molecule has 206 valence electrons. The highest BCUT2D eigenvalue weighted by molar-refractivity contribution is 5.89. The molecule has 5 N–H and O–H groups in total. The quantitative estimate of drug-likeness (QED) is 0.487. The van der Waals surface area contributed by atoms with Crippen molar-refractivity contribution in [3.63, 3.8) is 0 Å². The number of nitrogens with zero attached hydrogens (tertiary/aromatic N) is 5. The Morgan fingerprint density at radius 3 is 2.21 bits per heavy atom. The van der Waals surface area contributed by atoms with Gasteiger partial charge in [0.1, 0.15) is 5.82 Å². The zero-order valence-corrected chi connectivity index (χ0v) is 22.4. The van der Waals surface area contributed by atoms with Crippen LogP contribution in [-0.2, 0) is 11.2 Å². The topological polar surface area (TPSA) is 143 Å². The molecule has 2 aromatic rings. The lowest BCUT2D eigenvalue weighted by Gasteiger charge is -2.37. The molecule has 11 nitrogen and oxygen atoms in total. The van der Waals surface area contributed by atoms with Crippen molar-refractivity contribution in [3.8, 4) is 5.69 Å². The molecule has 4 rings (SSSR count). The van der Waals surface area contributed by atoms with Gasteiger partial charge in [-0.25, -0.2) is 9.59 Å². The normalized spacial score (nSPS) is 17.5. The van der Waals surface area contributed by atoms with Crippen LogP contribution in [0.3, 0.4) is 0 Å². The fourth-order valence-electron chi connectivity index (χ4n) is 4.93. The number of urea groups is 1. The van der Waals surface area contributed by atoms with Crippen molar-refractivity contribution >= 4 is 17.8 Å². The van der Waals surface area contributed by atoms with Gasteiger partial charge in [-0.2, -0.15) is 4.98 Å². The summed E-state index contributed by atoms with van der Waals surface area (Å²) in [4.78, 5) is 47.5. The molecule has 2 saturated heterocycles. The first-order valence-electron chi connectivity index (χ1n) is 13.4. The second-order valence-corrected chi connectivity index (χ2v) is 10.8. The van der Waals surface area contributed by atoms with Gasteiger partial charge in [0.05, 0.1) is 11.2 Å². The number of nitrogens with one attached hydrogen (secondary N) is 1. The summed E-state index contributed by atoms with van der Waals surface area (Å²) >= 11 is 0. The zero-order chi connectivity index (χ0) is 27.3. The first-order chi connectivity index (χ1) is 18.1. The summed E-state index contributed by atoms with van der Waals surface area (Å²) in [6.45, 7) is 8.92. The van der Waals surface area contributed by atoms with Gasteiger partial charge in [-0.3, -0.25) is 14.7 Å². The van der Waals surface area contributed by atoms with E-state index in [1.165, 1.54) is 23.0 Å². The number of anilines is 1.